The minimum absolute atomic E-state index is 0.00472. The van der Waals surface area contributed by atoms with Gasteiger partial charge in [0.25, 0.3) is 0 Å². The van der Waals surface area contributed by atoms with Crippen molar-refractivity contribution in [2.45, 2.75) is 12.2 Å². The quantitative estimate of drug-likeness (QED) is 0.469. The molecule has 0 saturated heterocycles. The Bertz CT molecular complexity index is 1230. The van der Waals surface area contributed by atoms with Crippen molar-refractivity contribution >= 4 is 31.6 Å². The van der Waals surface area contributed by atoms with Gasteiger partial charge < -0.3 is 4.74 Å². The summed E-state index contributed by atoms with van der Waals surface area (Å²) in [5, 5.41) is 2.23. The van der Waals surface area contributed by atoms with Crippen LogP contribution in [0.1, 0.15) is 16.7 Å². The maximum atomic E-state index is 11.6. The maximum absolute atomic E-state index is 11.6. The van der Waals surface area contributed by atoms with Crippen LogP contribution in [0, 0.1) is 0 Å². The van der Waals surface area contributed by atoms with E-state index in [9.17, 15) is 8.42 Å². The van der Waals surface area contributed by atoms with Gasteiger partial charge in [-0.25, -0.2) is 13.4 Å². The summed E-state index contributed by atoms with van der Waals surface area (Å²) in [6.07, 6.45) is 1.91. The number of hydrogen-bond acceptors (Lipinski definition) is 4. The van der Waals surface area contributed by atoms with E-state index in [2.05, 4.69) is 12.1 Å². The second-order valence-electron chi connectivity index (χ2n) is 7.02. The van der Waals surface area contributed by atoms with Crippen LogP contribution in [-0.2, 0) is 22.0 Å². The fraction of sp³-hybridized carbons (Fsp3) is 0.174. The van der Waals surface area contributed by atoms with Crippen LogP contribution in [-0.4, -0.2) is 26.8 Å². The minimum Gasteiger partial charge on any atom is -0.496 e. The van der Waals surface area contributed by atoms with Crippen molar-refractivity contribution in [1.82, 2.24) is 4.98 Å². The van der Waals surface area contributed by atoms with Crippen LogP contribution in [0.15, 0.2) is 66.7 Å². The van der Waals surface area contributed by atoms with Gasteiger partial charge in [0.1, 0.15) is 5.75 Å². The van der Waals surface area contributed by atoms with E-state index in [1.807, 2.05) is 54.6 Å². The Morgan fingerprint density at radius 2 is 1.50 bits per heavy atom. The standard InChI is InChI=1S/C23H21NO3S/c1-27-23-13-16(15-28(2,25)26)11-12-17(23)14-20-18-7-3-5-9-21(18)24-22-10-6-4-8-19(20)22/h3-13H,14-15H2,1-2H3. The van der Waals surface area contributed by atoms with E-state index in [1.54, 1.807) is 7.11 Å². The van der Waals surface area contributed by atoms with Gasteiger partial charge in [-0.2, -0.15) is 0 Å². The summed E-state index contributed by atoms with van der Waals surface area (Å²) in [4.78, 5) is 4.78. The van der Waals surface area contributed by atoms with Gasteiger partial charge in [-0.05, 0) is 34.9 Å². The molecule has 0 amide bonds. The molecule has 1 heterocycles. The molecule has 0 saturated carbocycles. The second kappa shape index (κ2) is 7.24. The van der Waals surface area contributed by atoms with E-state index in [4.69, 9.17) is 9.72 Å². The molecule has 3 aromatic carbocycles. The largest absolute Gasteiger partial charge is 0.496 e. The van der Waals surface area contributed by atoms with E-state index < -0.39 is 9.84 Å². The Morgan fingerprint density at radius 1 is 0.893 bits per heavy atom. The predicted octanol–water partition coefficient (Wildman–Crippen LogP) is 4.53. The number of para-hydroxylation sites is 2. The summed E-state index contributed by atoms with van der Waals surface area (Å²) >= 11 is 0. The molecule has 0 atom stereocenters. The lowest BCUT2D eigenvalue weighted by molar-refractivity contribution is 0.410. The number of sulfone groups is 1. The highest BCUT2D eigenvalue weighted by Crippen LogP contribution is 2.31. The second-order valence-corrected chi connectivity index (χ2v) is 9.16. The number of benzene rings is 3. The van der Waals surface area contributed by atoms with Crippen molar-refractivity contribution in [3.05, 3.63) is 83.4 Å². The molecule has 142 valence electrons. The molecular formula is C23H21NO3S. The van der Waals surface area contributed by atoms with Crippen LogP contribution in [0.25, 0.3) is 21.8 Å². The average molecular weight is 391 g/mol. The SMILES string of the molecule is COc1cc(CS(C)(=O)=O)ccc1Cc1c2ccccc2nc2ccccc12. The Hall–Kier alpha value is -2.92. The van der Waals surface area contributed by atoms with Crippen LogP contribution in [0.3, 0.4) is 0 Å². The fourth-order valence-corrected chi connectivity index (χ4v) is 4.42. The van der Waals surface area contributed by atoms with Gasteiger partial charge in [0, 0.05) is 23.4 Å². The summed E-state index contributed by atoms with van der Waals surface area (Å²) in [5.41, 5.74) is 4.86. The zero-order chi connectivity index (χ0) is 19.7. The van der Waals surface area contributed by atoms with E-state index in [0.717, 1.165) is 32.9 Å². The number of methoxy groups -OCH3 is 1. The number of nitrogens with zero attached hydrogens (tertiary/aromatic N) is 1. The van der Waals surface area contributed by atoms with Gasteiger partial charge in [-0.15, -0.1) is 0 Å². The van der Waals surface area contributed by atoms with Crippen LogP contribution in [0.2, 0.25) is 0 Å². The molecule has 4 aromatic rings. The number of ether oxygens (including phenoxy) is 1. The van der Waals surface area contributed by atoms with E-state index in [1.165, 1.54) is 11.8 Å². The molecule has 28 heavy (non-hydrogen) atoms. The van der Waals surface area contributed by atoms with Crippen molar-refractivity contribution in [3.8, 4) is 5.75 Å². The molecule has 0 bridgehead atoms. The number of rotatable bonds is 5. The molecule has 0 aliphatic carbocycles. The van der Waals surface area contributed by atoms with Crippen molar-refractivity contribution in [1.29, 1.82) is 0 Å². The van der Waals surface area contributed by atoms with Crippen molar-refractivity contribution in [2.75, 3.05) is 13.4 Å². The Labute approximate surface area is 164 Å². The molecule has 0 aliphatic heterocycles. The van der Waals surface area contributed by atoms with E-state index in [-0.39, 0.29) is 5.75 Å². The number of hydrogen-bond donors (Lipinski definition) is 0. The van der Waals surface area contributed by atoms with Crippen molar-refractivity contribution < 1.29 is 13.2 Å². The zero-order valence-electron chi connectivity index (χ0n) is 15.8. The fourth-order valence-electron chi connectivity index (χ4n) is 3.64. The summed E-state index contributed by atoms with van der Waals surface area (Å²) < 4.78 is 28.8. The Morgan fingerprint density at radius 3 is 2.07 bits per heavy atom. The lowest BCUT2D eigenvalue weighted by Gasteiger charge is -2.14. The average Bonchev–Trinajstić information content (AvgIpc) is 2.67. The van der Waals surface area contributed by atoms with Crippen molar-refractivity contribution in [3.63, 3.8) is 0 Å². The smallest absolute Gasteiger partial charge is 0.151 e. The lowest BCUT2D eigenvalue weighted by atomic mass is 9.95. The van der Waals surface area contributed by atoms with Crippen LogP contribution in [0.4, 0.5) is 0 Å². The first-order valence-corrected chi connectivity index (χ1v) is 11.1. The third-order valence-corrected chi connectivity index (χ3v) is 5.70. The first-order chi connectivity index (χ1) is 13.4. The zero-order valence-corrected chi connectivity index (χ0v) is 16.7. The van der Waals surface area contributed by atoms with Crippen LogP contribution >= 0.6 is 0 Å². The predicted molar refractivity (Wildman–Crippen MR) is 114 cm³/mol. The molecule has 4 nitrogen and oxygen atoms in total. The topological polar surface area (TPSA) is 56.3 Å². The minimum atomic E-state index is -3.10. The summed E-state index contributed by atoms with van der Waals surface area (Å²) in [5.74, 6) is 0.705. The Balaban J connectivity index is 1.85. The molecule has 0 fully saturated rings. The van der Waals surface area contributed by atoms with Crippen LogP contribution in [0.5, 0.6) is 5.75 Å². The van der Waals surface area contributed by atoms with Gasteiger partial charge in [-0.1, -0.05) is 48.5 Å². The normalized spacial score (nSPS) is 11.8. The maximum Gasteiger partial charge on any atom is 0.151 e. The molecule has 1 aromatic heterocycles. The highest BCUT2D eigenvalue weighted by molar-refractivity contribution is 7.89. The molecular weight excluding hydrogens is 370 g/mol. The van der Waals surface area contributed by atoms with Gasteiger partial charge in [-0.3, -0.25) is 0 Å². The van der Waals surface area contributed by atoms with Gasteiger partial charge in [0.05, 0.1) is 23.9 Å². The van der Waals surface area contributed by atoms with E-state index in [0.29, 0.717) is 12.2 Å². The highest BCUT2D eigenvalue weighted by Gasteiger charge is 2.14. The summed E-state index contributed by atoms with van der Waals surface area (Å²) in [6, 6.07) is 21.9. The van der Waals surface area contributed by atoms with Gasteiger partial charge in [0.2, 0.25) is 0 Å². The third kappa shape index (κ3) is 3.71. The number of fused-ring (bicyclic) bond motifs is 2. The molecule has 4 rings (SSSR count). The molecule has 0 unspecified atom stereocenters. The Kier molecular flexibility index (Phi) is 4.77. The molecule has 0 N–H and O–H groups in total. The van der Waals surface area contributed by atoms with Gasteiger partial charge in [0.15, 0.2) is 9.84 Å². The monoisotopic (exact) mass is 391 g/mol. The van der Waals surface area contributed by atoms with Crippen LogP contribution < -0.4 is 4.74 Å². The van der Waals surface area contributed by atoms with E-state index >= 15 is 0 Å². The van der Waals surface area contributed by atoms with Crippen molar-refractivity contribution in [2.24, 2.45) is 0 Å². The lowest BCUT2D eigenvalue weighted by Crippen LogP contribution is -2.03. The van der Waals surface area contributed by atoms with Gasteiger partial charge >= 0.3 is 0 Å². The number of aromatic nitrogens is 1. The number of pyridine rings is 1. The summed E-state index contributed by atoms with van der Waals surface area (Å²) in [7, 11) is -1.48. The first kappa shape index (κ1) is 18.4. The highest BCUT2D eigenvalue weighted by atomic mass is 32.2. The molecule has 0 aliphatic rings. The molecule has 5 heteroatoms. The summed E-state index contributed by atoms with van der Waals surface area (Å²) in [6.45, 7) is 0. The first-order valence-electron chi connectivity index (χ1n) is 9.04. The third-order valence-electron chi connectivity index (χ3n) is 4.85. The molecule has 0 spiro atoms. The molecule has 0 radical (unpaired) electrons.